The van der Waals surface area contributed by atoms with E-state index in [1.807, 2.05) is 0 Å². The molecule has 94 valence electrons. The Hall–Kier alpha value is -2.04. The van der Waals surface area contributed by atoms with Crippen molar-refractivity contribution in [2.75, 3.05) is 5.32 Å². The molecule has 1 N–H and O–H groups in total. The minimum Gasteiger partial charge on any atom is -0.380 e. The minimum absolute atomic E-state index is 0.00204. The van der Waals surface area contributed by atoms with Crippen LogP contribution in [0.5, 0.6) is 0 Å². The molecular formula is C13H11F3N2. The third kappa shape index (κ3) is 3.23. The molecule has 18 heavy (non-hydrogen) atoms. The summed E-state index contributed by atoms with van der Waals surface area (Å²) in [6, 6.07) is 8.87. The van der Waals surface area contributed by atoms with E-state index in [2.05, 4.69) is 10.3 Å². The van der Waals surface area contributed by atoms with Gasteiger partial charge in [-0.25, -0.2) is 13.8 Å². The number of rotatable bonds is 4. The highest BCUT2D eigenvalue weighted by atomic mass is 19.3. The summed E-state index contributed by atoms with van der Waals surface area (Å²) < 4.78 is 37.2. The van der Waals surface area contributed by atoms with Crippen LogP contribution in [0.3, 0.4) is 0 Å². The topological polar surface area (TPSA) is 24.9 Å². The Labute approximate surface area is 102 Å². The largest absolute Gasteiger partial charge is 0.380 e. The number of nitrogens with zero attached hydrogens (tertiary/aromatic N) is 1. The zero-order chi connectivity index (χ0) is 13.0. The second kappa shape index (κ2) is 5.53. The van der Waals surface area contributed by atoms with Gasteiger partial charge in [-0.15, -0.1) is 0 Å². The Morgan fingerprint density at radius 1 is 1.06 bits per heavy atom. The predicted octanol–water partition coefficient (Wildman–Crippen LogP) is 3.77. The normalized spacial score (nSPS) is 10.7. The van der Waals surface area contributed by atoms with E-state index in [0.717, 1.165) is 5.56 Å². The summed E-state index contributed by atoms with van der Waals surface area (Å²) in [7, 11) is 0. The number of hydrogen-bond acceptors (Lipinski definition) is 2. The molecule has 0 aliphatic carbocycles. The quantitative estimate of drug-likeness (QED) is 0.838. The Kier molecular flexibility index (Phi) is 3.82. The van der Waals surface area contributed by atoms with Gasteiger partial charge in [-0.2, -0.15) is 4.39 Å². The molecule has 0 fully saturated rings. The molecule has 0 spiro atoms. The number of aromatic nitrogens is 1. The summed E-state index contributed by atoms with van der Waals surface area (Å²) in [6.07, 6.45) is -1.07. The fourth-order valence-electron chi connectivity index (χ4n) is 1.47. The highest BCUT2D eigenvalue weighted by Gasteiger charge is 2.05. The third-order valence-electron chi connectivity index (χ3n) is 2.46. The molecule has 0 saturated carbocycles. The summed E-state index contributed by atoms with van der Waals surface area (Å²) in [5.74, 6) is -0.540. The van der Waals surface area contributed by atoms with Gasteiger partial charge in [0, 0.05) is 12.1 Å². The van der Waals surface area contributed by atoms with E-state index in [0.29, 0.717) is 12.2 Å². The molecule has 0 amide bonds. The summed E-state index contributed by atoms with van der Waals surface area (Å²) in [5, 5.41) is 3.02. The van der Waals surface area contributed by atoms with Crippen LogP contribution in [0.1, 0.15) is 17.6 Å². The Bertz CT molecular complexity index is 495. The maximum Gasteiger partial charge on any atom is 0.263 e. The molecule has 0 radical (unpaired) electrons. The van der Waals surface area contributed by atoms with Crippen LogP contribution in [0.4, 0.5) is 18.9 Å². The molecule has 5 heteroatoms. The van der Waals surface area contributed by atoms with Crippen LogP contribution < -0.4 is 5.32 Å². The van der Waals surface area contributed by atoms with Crippen molar-refractivity contribution >= 4 is 5.69 Å². The van der Waals surface area contributed by atoms with E-state index in [4.69, 9.17) is 0 Å². The molecule has 0 unspecified atom stereocenters. The van der Waals surface area contributed by atoms with Crippen molar-refractivity contribution in [2.45, 2.75) is 13.0 Å². The molecule has 0 saturated heterocycles. The predicted molar refractivity (Wildman–Crippen MR) is 62.9 cm³/mol. The summed E-state index contributed by atoms with van der Waals surface area (Å²) in [6.45, 7) is 0.469. The van der Waals surface area contributed by atoms with Crippen molar-refractivity contribution in [1.29, 1.82) is 0 Å². The van der Waals surface area contributed by atoms with Crippen LogP contribution >= 0.6 is 0 Å². The summed E-state index contributed by atoms with van der Waals surface area (Å²) in [5.41, 5.74) is 1.54. The number of anilines is 1. The number of hydrogen-bond donors (Lipinski definition) is 1. The molecule has 0 aliphatic rings. The van der Waals surface area contributed by atoms with Gasteiger partial charge < -0.3 is 5.32 Å². The number of benzene rings is 1. The van der Waals surface area contributed by atoms with E-state index in [1.54, 1.807) is 18.2 Å². The smallest absolute Gasteiger partial charge is 0.263 e. The fraction of sp³-hybridized carbons (Fsp3) is 0.154. The van der Waals surface area contributed by atoms with E-state index < -0.39 is 12.4 Å². The van der Waals surface area contributed by atoms with Crippen molar-refractivity contribution in [3.8, 4) is 0 Å². The lowest BCUT2D eigenvalue weighted by atomic mass is 10.1. The Morgan fingerprint density at radius 3 is 2.33 bits per heavy atom. The molecule has 1 aromatic carbocycles. The molecule has 0 aliphatic heterocycles. The SMILES string of the molecule is Fc1ccc(NCc2ccc(C(F)F)cc2)cn1. The van der Waals surface area contributed by atoms with E-state index in [9.17, 15) is 13.2 Å². The number of halogens is 3. The number of alkyl halides is 2. The van der Waals surface area contributed by atoms with Crippen molar-refractivity contribution < 1.29 is 13.2 Å². The second-order valence-electron chi connectivity index (χ2n) is 3.77. The van der Waals surface area contributed by atoms with Gasteiger partial charge in [0.15, 0.2) is 0 Å². The zero-order valence-electron chi connectivity index (χ0n) is 9.41. The van der Waals surface area contributed by atoms with Crippen LogP contribution in [0, 0.1) is 5.95 Å². The maximum absolute atomic E-state index is 12.6. The molecule has 2 rings (SSSR count). The average Bonchev–Trinajstić information content (AvgIpc) is 2.38. The Balaban J connectivity index is 1.95. The van der Waals surface area contributed by atoms with E-state index in [-0.39, 0.29) is 5.56 Å². The third-order valence-corrected chi connectivity index (χ3v) is 2.46. The van der Waals surface area contributed by atoms with Crippen LogP contribution in [0.25, 0.3) is 0 Å². The molecule has 1 aromatic heterocycles. The lowest BCUT2D eigenvalue weighted by molar-refractivity contribution is 0.151. The van der Waals surface area contributed by atoms with Crippen molar-refractivity contribution in [3.63, 3.8) is 0 Å². The van der Waals surface area contributed by atoms with Crippen molar-refractivity contribution in [3.05, 3.63) is 59.7 Å². The van der Waals surface area contributed by atoms with Gasteiger partial charge in [0.05, 0.1) is 11.9 Å². The molecule has 0 bridgehead atoms. The van der Waals surface area contributed by atoms with Gasteiger partial charge in [0.1, 0.15) is 0 Å². The van der Waals surface area contributed by atoms with Crippen LogP contribution in [-0.2, 0) is 6.54 Å². The number of nitrogens with one attached hydrogen (secondary N) is 1. The Morgan fingerprint density at radius 2 is 1.78 bits per heavy atom. The molecule has 0 atom stereocenters. The van der Waals surface area contributed by atoms with Gasteiger partial charge >= 0.3 is 0 Å². The van der Waals surface area contributed by atoms with Gasteiger partial charge in [-0.05, 0) is 17.7 Å². The first-order valence-corrected chi connectivity index (χ1v) is 5.37. The van der Waals surface area contributed by atoms with Crippen molar-refractivity contribution in [1.82, 2.24) is 4.98 Å². The molecular weight excluding hydrogens is 241 g/mol. The molecule has 2 aromatic rings. The summed E-state index contributed by atoms with van der Waals surface area (Å²) in [4.78, 5) is 3.50. The first-order valence-electron chi connectivity index (χ1n) is 5.37. The lowest BCUT2D eigenvalue weighted by Crippen LogP contribution is -2.00. The van der Waals surface area contributed by atoms with Crippen LogP contribution in [0.2, 0.25) is 0 Å². The first kappa shape index (κ1) is 12.4. The fourth-order valence-corrected chi connectivity index (χ4v) is 1.47. The van der Waals surface area contributed by atoms with Gasteiger partial charge in [-0.3, -0.25) is 0 Å². The molecule has 2 nitrogen and oxygen atoms in total. The van der Waals surface area contributed by atoms with Gasteiger partial charge in [0.25, 0.3) is 6.43 Å². The highest BCUT2D eigenvalue weighted by molar-refractivity contribution is 5.41. The number of pyridine rings is 1. The first-order chi connectivity index (χ1) is 8.65. The highest BCUT2D eigenvalue weighted by Crippen LogP contribution is 2.19. The average molecular weight is 252 g/mol. The van der Waals surface area contributed by atoms with E-state index in [1.165, 1.54) is 24.4 Å². The maximum atomic E-state index is 12.6. The van der Waals surface area contributed by atoms with Crippen molar-refractivity contribution in [2.24, 2.45) is 0 Å². The second-order valence-corrected chi connectivity index (χ2v) is 3.77. The van der Waals surface area contributed by atoms with Gasteiger partial charge in [0.2, 0.25) is 5.95 Å². The molecule has 1 heterocycles. The standard InChI is InChI=1S/C13H11F3N2/c14-12-6-5-11(8-18-12)17-7-9-1-3-10(4-2-9)13(15)16/h1-6,8,13,17H,7H2. The summed E-state index contributed by atoms with van der Waals surface area (Å²) >= 11 is 0. The van der Waals surface area contributed by atoms with Gasteiger partial charge in [-0.1, -0.05) is 24.3 Å². The zero-order valence-corrected chi connectivity index (χ0v) is 9.41. The van der Waals surface area contributed by atoms with Crippen LogP contribution in [-0.4, -0.2) is 4.98 Å². The van der Waals surface area contributed by atoms with E-state index >= 15 is 0 Å². The van der Waals surface area contributed by atoms with Crippen LogP contribution in [0.15, 0.2) is 42.6 Å². The minimum atomic E-state index is -2.45. The monoisotopic (exact) mass is 252 g/mol. The lowest BCUT2D eigenvalue weighted by Gasteiger charge is -2.07.